The fourth-order valence-electron chi connectivity index (χ4n) is 3.17. The van der Waals surface area contributed by atoms with Gasteiger partial charge in [-0.05, 0) is 49.8 Å². The molecule has 1 aromatic carbocycles. The Morgan fingerprint density at radius 1 is 1.26 bits per heavy atom. The Balaban J connectivity index is 1.76. The van der Waals surface area contributed by atoms with Gasteiger partial charge in [0.2, 0.25) is 5.91 Å². The molecule has 0 unspecified atom stereocenters. The molecule has 3 rings (SSSR count). The maximum Gasteiger partial charge on any atom is 0.242 e. The molecule has 0 aromatic heterocycles. The zero-order valence-electron chi connectivity index (χ0n) is 11.8. The van der Waals surface area contributed by atoms with Crippen molar-refractivity contribution in [1.29, 1.82) is 0 Å². The third-order valence-corrected chi connectivity index (χ3v) is 4.31. The standard InChI is InChI=1S/C16H22N2O/c1-16(2)15(19)18(9-8-17-16)11-12-6-7-13-4-3-5-14(13)10-12/h6-7,10,17H,3-5,8-9,11H2,1-2H3. The summed E-state index contributed by atoms with van der Waals surface area (Å²) in [5.74, 6) is 0.208. The Morgan fingerprint density at radius 3 is 2.89 bits per heavy atom. The quantitative estimate of drug-likeness (QED) is 0.878. The van der Waals surface area contributed by atoms with Gasteiger partial charge >= 0.3 is 0 Å². The molecule has 1 heterocycles. The predicted molar refractivity (Wildman–Crippen MR) is 76.0 cm³/mol. The van der Waals surface area contributed by atoms with Gasteiger partial charge in [0.1, 0.15) is 0 Å². The van der Waals surface area contributed by atoms with Crippen LogP contribution in [0.3, 0.4) is 0 Å². The second-order valence-electron chi connectivity index (χ2n) is 6.24. The first-order chi connectivity index (χ1) is 9.06. The summed E-state index contributed by atoms with van der Waals surface area (Å²) in [6, 6.07) is 6.73. The molecule has 1 N–H and O–H groups in total. The average Bonchev–Trinajstić information content (AvgIpc) is 2.82. The number of amides is 1. The molecular weight excluding hydrogens is 236 g/mol. The van der Waals surface area contributed by atoms with E-state index in [1.807, 2.05) is 18.7 Å². The number of nitrogens with one attached hydrogen (secondary N) is 1. The molecule has 1 aliphatic heterocycles. The molecule has 1 aromatic rings. The van der Waals surface area contributed by atoms with Gasteiger partial charge in [-0.2, -0.15) is 0 Å². The fourth-order valence-corrected chi connectivity index (χ4v) is 3.17. The van der Waals surface area contributed by atoms with Crippen LogP contribution in [-0.4, -0.2) is 29.4 Å². The summed E-state index contributed by atoms with van der Waals surface area (Å²) in [4.78, 5) is 14.3. The van der Waals surface area contributed by atoms with Crippen LogP contribution in [0.1, 0.15) is 37.0 Å². The summed E-state index contributed by atoms with van der Waals surface area (Å²) >= 11 is 0. The van der Waals surface area contributed by atoms with Crippen LogP contribution in [0.15, 0.2) is 18.2 Å². The minimum Gasteiger partial charge on any atom is -0.336 e. The number of benzene rings is 1. The van der Waals surface area contributed by atoms with Crippen LogP contribution in [0, 0.1) is 0 Å². The lowest BCUT2D eigenvalue weighted by atomic mass is 9.99. The SMILES string of the molecule is CC1(C)NCCN(Cc2ccc3c(c2)CCC3)C1=O. The second kappa shape index (κ2) is 4.64. The first-order valence-electron chi connectivity index (χ1n) is 7.21. The summed E-state index contributed by atoms with van der Waals surface area (Å²) in [5.41, 5.74) is 3.83. The molecule has 1 aliphatic carbocycles. The fraction of sp³-hybridized carbons (Fsp3) is 0.562. The molecule has 0 radical (unpaired) electrons. The summed E-state index contributed by atoms with van der Waals surface area (Å²) < 4.78 is 0. The Labute approximate surface area is 115 Å². The van der Waals surface area contributed by atoms with Crippen molar-refractivity contribution in [1.82, 2.24) is 10.2 Å². The van der Waals surface area contributed by atoms with Crippen molar-refractivity contribution in [2.24, 2.45) is 0 Å². The first kappa shape index (κ1) is 12.7. The van der Waals surface area contributed by atoms with E-state index in [1.165, 1.54) is 36.0 Å². The van der Waals surface area contributed by atoms with Gasteiger partial charge in [0.25, 0.3) is 0 Å². The molecule has 2 aliphatic rings. The lowest BCUT2D eigenvalue weighted by Crippen LogP contribution is -2.60. The maximum absolute atomic E-state index is 12.3. The van der Waals surface area contributed by atoms with Gasteiger partial charge in [-0.15, -0.1) is 0 Å². The molecule has 1 fully saturated rings. The van der Waals surface area contributed by atoms with Gasteiger partial charge in [0.15, 0.2) is 0 Å². The monoisotopic (exact) mass is 258 g/mol. The molecule has 19 heavy (non-hydrogen) atoms. The largest absolute Gasteiger partial charge is 0.336 e. The van der Waals surface area contributed by atoms with Crippen molar-refractivity contribution in [2.75, 3.05) is 13.1 Å². The minimum absolute atomic E-state index is 0.208. The highest BCUT2D eigenvalue weighted by Gasteiger charge is 2.35. The molecule has 3 nitrogen and oxygen atoms in total. The third kappa shape index (κ3) is 2.39. The highest BCUT2D eigenvalue weighted by Crippen LogP contribution is 2.24. The van der Waals surface area contributed by atoms with E-state index >= 15 is 0 Å². The zero-order valence-corrected chi connectivity index (χ0v) is 11.8. The number of hydrogen-bond acceptors (Lipinski definition) is 2. The predicted octanol–water partition coefficient (Wildman–Crippen LogP) is 1.89. The van der Waals surface area contributed by atoms with E-state index < -0.39 is 5.54 Å². The average molecular weight is 258 g/mol. The number of nitrogens with zero attached hydrogens (tertiary/aromatic N) is 1. The highest BCUT2D eigenvalue weighted by atomic mass is 16.2. The lowest BCUT2D eigenvalue weighted by Gasteiger charge is -2.38. The molecule has 102 valence electrons. The van der Waals surface area contributed by atoms with Crippen LogP contribution in [-0.2, 0) is 24.2 Å². The number of fused-ring (bicyclic) bond motifs is 1. The summed E-state index contributed by atoms with van der Waals surface area (Å²) in [7, 11) is 0. The van der Waals surface area contributed by atoms with Crippen LogP contribution in [0.5, 0.6) is 0 Å². The smallest absolute Gasteiger partial charge is 0.242 e. The third-order valence-electron chi connectivity index (χ3n) is 4.31. The van der Waals surface area contributed by atoms with Gasteiger partial charge in [-0.1, -0.05) is 18.2 Å². The van der Waals surface area contributed by atoms with Crippen molar-refractivity contribution in [3.63, 3.8) is 0 Å². The van der Waals surface area contributed by atoms with E-state index in [0.29, 0.717) is 0 Å². The van der Waals surface area contributed by atoms with Crippen LogP contribution in [0.2, 0.25) is 0 Å². The molecule has 0 spiro atoms. The van der Waals surface area contributed by atoms with Gasteiger partial charge in [0, 0.05) is 19.6 Å². The van der Waals surface area contributed by atoms with Gasteiger partial charge in [-0.3, -0.25) is 4.79 Å². The van der Waals surface area contributed by atoms with Crippen LogP contribution < -0.4 is 5.32 Å². The number of carbonyl (C=O) groups is 1. The van der Waals surface area contributed by atoms with Crippen LogP contribution in [0.4, 0.5) is 0 Å². The summed E-state index contributed by atoms with van der Waals surface area (Å²) in [6.07, 6.45) is 3.69. The van der Waals surface area contributed by atoms with Crippen molar-refractivity contribution >= 4 is 5.91 Å². The van der Waals surface area contributed by atoms with E-state index in [0.717, 1.165) is 19.6 Å². The van der Waals surface area contributed by atoms with Gasteiger partial charge in [-0.25, -0.2) is 0 Å². The number of aryl methyl sites for hydroxylation is 2. The maximum atomic E-state index is 12.3. The Bertz CT molecular complexity index is 507. The van der Waals surface area contributed by atoms with Crippen molar-refractivity contribution in [2.45, 2.75) is 45.2 Å². The van der Waals surface area contributed by atoms with E-state index in [2.05, 4.69) is 23.5 Å². The lowest BCUT2D eigenvalue weighted by molar-refractivity contribution is -0.140. The topological polar surface area (TPSA) is 32.3 Å². The van der Waals surface area contributed by atoms with Gasteiger partial charge < -0.3 is 10.2 Å². The molecule has 1 saturated heterocycles. The van der Waals surface area contributed by atoms with Crippen molar-refractivity contribution in [3.05, 3.63) is 34.9 Å². The second-order valence-corrected chi connectivity index (χ2v) is 6.24. The Kier molecular flexibility index (Phi) is 3.09. The van der Waals surface area contributed by atoms with Crippen LogP contribution >= 0.6 is 0 Å². The Hall–Kier alpha value is -1.35. The number of rotatable bonds is 2. The van der Waals surface area contributed by atoms with E-state index in [4.69, 9.17) is 0 Å². The van der Waals surface area contributed by atoms with E-state index in [9.17, 15) is 4.79 Å². The molecule has 1 amide bonds. The van der Waals surface area contributed by atoms with E-state index in [1.54, 1.807) is 0 Å². The molecule has 3 heteroatoms. The zero-order chi connectivity index (χ0) is 13.5. The van der Waals surface area contributed by atoms with Crippen molar-refractivity contribution in [3.8, 4) is 0 Å². The number of hydrogen-bond donors (Lipinski definition) is 1. The van der Waals surface area contributed by atoms with E-state index in [-0.39, 0.29) is 5.91 Å². The molecule has 0 bridgehead atoms. The summed E-state index contributed by atoms with van der Waals surface area (Å²) in [6.45, 7) is 6.36. The molecular formula is C16H22N2O. The summed E-state index contributed by atoms with van der Waals surface area (Å²) in [5, 5.41) is 3.27. The molecule has 0 saturated carbocycles. The number of carbonyl (C=O) groups excluding carboxylic acids is 1. The minimum atomic E-state index is -0.422. The first-order valence-corrected chi connectivity index (χ1v) is 7.21. The van der Waals surface area contributed by atoms with Crippen molar-refractivity contribution < 1.29 is 4.79 Å². The highest BCUT2D eigenvalue weighted by molar-refractivity contribution is 5.86. The normalized spacial score (nSPS) is 21.6. The van der Waals surface area contributed by atoms with Gasteiger partial charge in [0.05, 0.1) is 5.54 Å². The number of piperazine rings is 1. The Morgan fingerprint density at radius 2 is 2.05 bits per heavy atom. The molecule has 0 atom stereocenters. The van der Waals surface area contributed by atoms with Crippen LogP contribution in [0.25, 0.3) is 0 Å².